The molecule has 0 aromatic carbocycles. The van der Waals surface area contributed by atoms with Crippen LogP contribution < -0.4 is 5.32 Å². The quantitative estimate of drug-likeness (QED) is 0.0247. The number of hydrogen-bond donors (Lipinski definition) is 3. The highest BCUT2D eigenvalue weighted by Gasteiger charge is 2.24. The van der Waals surface area contributed by atoms with Crippen molar-refractivity contribution in [2.24, 2.45) is 0 Å². The minimum atomic E-state index is -0.795. The molecule has 0 aliphatic heterocycles. The van der Waals surface area contributed by atoms with Crippen molar-refractivity contribution in [2.45, 2.75) is 264 Å². The molecule has 0 saturated heterocycles. The number of hydrogen-bond acceptors (Lipinski definition) is 5. The van der Waals surface area contributed by atoms with Gasteiger partial charge in [-0.15, -0.1) is 0 Å². The number of amides is 1. The van der Waals surface area contributed by atoms with Crippen molar-refractivity contribution >= 4 is 11.9 Å². The fourth-order valence-electron chi connectivity index (χ4n) is 7.24. The Morgan fingerprint density at radius 1 is 0.518 bits per heavy atom. The van der Waals surface area contributed by atoms with Crippen molar-refractivity contribution in [3.05, 3.63) is 36.5 Å². The summed E-state index contributed by atoms with van der Waals surface area (Å²) in [6, 6.07) is -0.711. The van der Waals surface area contributed by atoms with E-state index in [1.54, 1.807) is 0 Å². The summed E-state index contributed by atoms with van der Waals surface area (Å²) in [6.07, 6.45) is 50.7. The molecule has 0 aromatic rings. The summed E-state index contributed by atoms with van der Waals surface area (Å²) in [6.45, 7) is 6.44. The van der Waals surface area contributed by atoms with Crippen molar-refractivity contribution in [3.63, 3.8) is 0 Å². The fourth-order valence-corrected chi connectivity index (χ4v) is 7.24. The molecule has 328 valence electrons. The molecular weight excluding hydrogens is 695 g/mol. The van der Waals surface area contributed by atoms with Crippen LogP contribution in [0.2, 0.25) is 0 Å². The first-order valence-corrected chi connectivity index (χ1v) is 24.2. The zero-order valence-corrected chi connectivity index (χ0v) is 37.3. The van der Waals surface area contributed by atoms with Gasteiger partial charge in [0, 0.05) is 6.42 Å². The Bertz CT molecular complexity index is 930. The van der Waals surface area contributed by atoms with Crippen LogP contribution in [0.4, 0.5) is 0 Å². The number of aliphatic hydroxyl groups excluding tert-OH is 2. The van der Waals surface area contributed by atoms with Gasteiger partial charge in [-0.05, 0) is 70.6 Å². The van der Waals surface area contributed by atoms with Crippen LogP contribution in [-0.4, -0.2) is 46.9 Å². The van der Waals surface area contributed by atoms with Gasteiger partial charge in [-0.25, -0.2) is 0 Å². The van der Waals surface area contributed by atoms with Crippen LogP contribution in [0.25, 0.3) is 0 Å². The predicted molar refractivity (Wildman–Crippen MR) is 241 cm³/mol. The van der Waals surface area contributed by atoms with Gasteiger partial charge in [-0.2, -0.15) is 0 Å². The molecule has 6 nitrogen and oxygen atoms in total. The molecule has 0 fully saturated rings. The maximum atomic E-state index is 13.1. The van der Waals surface area contributed by atoms with Gasteiger partial charge in [-0.1, -0.05) is 198 Å². The number of rotatable bonds is 43. The topological polar surface area (TPSA) is 95.9 Å². The maximum absolute atomic E-state index is 13.1. The summed E-state index contributed by atoms with van der Waals surface area (Å²) in [5.41, 5.74) is 0. The van der Waals surface area contributed by atoms with E-state index in [0.29, 0.717) is 19.3 Å². The van der Waals surface area contributed by atoms with Crippen molar-refractivity contribution in [1.82, 2.24) is 5.32 Å². The highest BCUT2D eigenvalue weighted by atomic mass is 16.5. The molecule has 0 rings (SSSR count). The standard InChI is InChI=1S/C50H93NO5/c1-4-7-10-13-16-19-22-23-24-25-26-28-31-34-37-40-43-50(55)56-46(41-38-35-32-29-27-20-17-14-11-8-5-2)44-49(54)51-47(45-52)48(53)42-39-36-33-30-21-18-15-12-9-6-3/h24-26,28-29,32,46-48,52-53H,4-23,27,30-31,33-45H2,1-3H3,(H,51,54)/b25-24+,28-26+,32-29-. The third-order valence-electron chi connectivity index (χ3n) is 11.0. The van der Waals surface area contributed by atoms with Crippen molar-refractivity contribution in [1.29, 1.82) is 0 Å². The Balaban J connectivity index is 4.62. The second-order valence-corrected chi connectivity index (χ2v) is 16.5. The second kappa shape index (κ2) is 44.2. The van der Waals surface area contributed by atoms with Crippen molar-refractivity contribution in [3.8, 4) is 0 Å². The monoisotopic (exact) mass is 788 g/mol. The van der Waals surface area contributed by atoms with E-state index in [1.807, 2.05) is 0 Å². The van der Waals surface area contributed by atoms with E-state index in [1.165, 1.54) is 128 Å². The Labute approximate surface area is 347 Å². The van der Waals surface area contributed by atoms with Gasteiger partial charge in [-0.3, -0.25) is 9.59 Å². The van der Waals surface area contributed by atoms with Crippen LogP contribution in [0.1, 0.15) is 245 Å². The van der Waals surface area contributed by atoms with Gasteiger partial charge in [0.15, 0.2) is 0 Å². The lowest BCUT2D eigenvalue weighted by Gasteiger charge is -2.24. The number of carbonyl (C=O) groups excluding carboxylic acids is 2. The van der Waals surface area contributed by atoms with E-state index in [9.17, 15) is 19.8 Å². The molecule has 0 heterocycles. The summed E-state index contributed by atoms with van der Waals surface area (Å²) < 4.78 is 5.88. The van der Waals surface area contributed by atoms with E-state index in [0.717, 1.165) is 70.6 Å². The smallest absolute Gasteiger partial charge is 0.306 e. The normalized spacial score (nSPS) is 13.6. The summed E-state index contributed by atoms with van der Waals surface area (Å²) in [5, 5.41) is 23.6. The van der Waals surface area contributed by atoms with E-state index in [4.69, 9.17) is 4.74 Å². The van der Waals surface area contributed by atoms with Gasteiger partial charge in [0.05, 0.1) is 25.2 Å². The summed E-state index contributed by atoms with van der Waals surface area (Å²) in [7, 11) is 0. The van der Waals surface area contributed by atoms with Gasteiger partial charge in [0.2, 0.25) is 5.91 Å². The summed E-state index contributed by atoms with van der Waals surface area (Å²) >= 11 is 0. The number of esters is 1. The molecule has 0 radical (unpaired) electrons. The van der Waals surface area contributed by atoms with Gasteiger partial charge in [0.25, 0.3) is 0 Å². The van der Waals surface area contributed by atoms with Crippen molar-refractivity contribution < 1.29 is 24.5 Å². The molecule has 0 aliphatic carbocycles. The molecule has 56 heavy (non-hydrogen) atoms. The zero-order valence-electron chi connectivity index (χ0n) is 37.3. The number of unbranched alkanes of at least 4 members (excludes halogenated alkanes) is 26. The first kappa shape index (κ1) is 54.1. The number of ether oxygens (including phenoxy) is 1. The lowest BCUT2D eigenvalue weighted by atomic mass is 10.0. The van der Waals surface area contributed by atoms with Gasteiger partial charge in [0.1, 0.15) is 6.10 Å². The van der Waals surface area contributed by atoms with E-state index >= 15 is 0 Å². The molecular formula is C50H93NO5. The zero-order chi connectivity index (χ0) is 41.0. The highest BCUT2D eigenvalue weighted by molar-refractivity contribution is 5.77. The molecule has 0 aromatic heterocycles. The molecule has 1 amide bonds. The average molecular weight is 788 g/mol. The Morgan fingerprint density at radius 3 is 1.41 bits per heavy atom. The summed E-state index contributed by atoms with van der Waals surface area (Å²) in [5.74, 6) is -0.532. The third kappa shape index (κ3) is 38.9. The molecule has 0 aliphatic rings. The van der Waals surface area contributed by atoms with Crippen LogP contribution in [0.5, 0.6) is 0 Å². The molecule has 6 heteroatoms. The fraction of sp³-hybridized carbons (Fsp3) is 0.840. The lowest BCUT2D eigenvalue weighted by molar-refractivity contribution is -0.151. The van der Waals surface area contributed by atoms with Crippen LogP contribution in [-0.2, 0) is 14.3 Å². The first-order chi connectivity index (χ1) is 27.5. The predicted octanol–water partition coefficient (Wildman–Crippen LogP) is 14.1. The minimum Gasteiger partial charge on any atom is -0.462 e. The SMILES string of the molecule is CCCCCCCC/C=C\CCCC(CC(=O)NC(CO)C(O)CCCCCCCCCCCC)OC(=O)CCCCC/C=C/C=C/CCCCCCCCC. The van der Waals surface area contributed by atoms with Crippen molar-refractivity contribution in [2.75, 3.05) is 6.61 Å². The summed E-state index contributed by atoms with van der Waals surface area (Å²) in [4.78, 5) is 26.0. The van der Waals surface area contributed by atoms with Gasteiger partial charge < -0.3 is 20.3 Å². The Morgan fingerprint density at radius 2 is 0.929 bits per heavy atom. The maximum Gasteiger partial charge on any atom is 0.306 e. The number of aliphatic hydroxyl groups is 2. The van der Waals surface area contributed by atoms with Crippen LogP contribution >= 0.6 is 0 Å². The molecule has 0 bridgehead atoms. The Kier molecular flexibility index (Phi) is 42.7. The number of allylic oxidation sites excluding steroid dienone is 6. The average Bonchev–Trinajstić information content (AvgIpc) is 3.19. The number of nitrogens with one attached hydrogen (secondary N) is 1. The molecule has 3 N–H and O–H groups in total. The molecule has 0 spiro atoms. The second-order valence-electron chi connectivity index (χ2n) is 16.5. The van der Waals surface area contributed by atoms with Crippen LogP contribution in [0.15, 0.2) is 36.5 Å². The lowest BCUT2D eigenvalue weighted by Crippen LogP contribution is -2.46. The van der Waals surface area contributed by atoms with E-state index in [-0.39, 0.29) is 24.9 Å². The molecule has 0 saturated carbocycles. The minimum absolute atomic E-state index is 0.0476. The van der Waals surface area contributed by atoms with E-state index in [2.05, 4.69) is 62.5 Å². The largest absolute Gasteiger partial charge is 0.462 e. The Hall–Kier alpha value is -1.92. The van der Waals surface area contributed by atoms with Gasteiger partial charge >= 0.3 is 5.97 Å². The van der Waals surface area contributed by atoms with Crippen LogP contribution in [0.3, 0.4) is 0 Å². The third-order valence-corrected chi connectivity index (χ3v) is 11.0. The van der Waals surface area contributed by atoms with Crippen LogP contribution in [0, 0.1) is 0 Å². The molecule has 3 atom stereocenters. The van der Waals surface area contributed by atoms with E-state index < -0.39 is 18.2 Å². The molecule has 3 unspecified atom stereocenters. The number of carbonyl (C=O) groups is 2. The first-order valence-electron chi connectivity index (χ1n) is 24.2. The highest BCUT2D eigenvalue weighted by Crippen LogP contribution is 2.16.